The molecule has 5 nitrogen and oxygen atoms in total. The molecule has 0 aliphatic carbocycles. The summed E-state index contributed by atoms with van der Waals surface area (Å²) in [7, 11) is 1.74. The van der Waals surface area contributed by atoms with E-state index in [-0.39, 0.29) is 35.8 Å². The minimum Gasteiger partial charge on any atom is -0.356 e. The first kappa shape index (κ1) is 20.2. The number of halogens is 1. The zero-order chi connectivity index (χ0) is 14.8. The molecule has 0 aliphatic rings. The van der Waals surface area contributed by atoms with E-state index in [1.807, 2.05) is 13.8 Å². The van der Waals surface area contributed by atoms with Crippen molar-refractivity contribution in [1.29, 1.82) is 0 Å². The van der Waals surface area contributed by atoms with E-state index in [0.717, 1.165) is 18.9 Å². The molecule has 21 heavy (non-hydrogen) atoms. The van der Waals surface area contributed by atoms with Gasteiger partial charge in [-0.1, -0.05) is 19.9 Å². The van der Waals surface area contributed by atoms with Crippen molar-refractivity contribution in [3.05, 3.63) is 22.4 Å². The second-order valence-corrected chi connectivity index (χ2v) is 5.73. The van der Waals surface area contributed by atoms with Gasteiger partial charge in [0, 0.05) is 37.5 Å². The Labute approximate surface area is 148 Å². The maximum absolute atomic E-state index is 11.4. The number of guanidine groups is 1. The molecule has 3 N–H and O–H groups in total. The van der Waals surface area contributed by atoms with Gasteiger partial charge in [0.2, 0.25) is 5.91 Å². The van der Waals surface area contributed by atoms with Crippen LogP contribution in [0.15, 0.2) is 22.5 Å². The summed E-state index contributed by atoms with van der Waals surface area (Å²) in [4.78, 5) is 16.9. The van der Waals surface area contributed by atoms with E-state index in [1.54, 1.807) is 18.4 Å². The molecule has 0 fully saturated rings. The lowest BCUT2D eigenvalue weighted by molar-refractivity contribution is -0.123. The number of nitrogens with one attached hydrogen (secondary N) is 3. The molecule has 0 saturated heterocycles. The van der Waals surface area contributed by atoms with Crippen LogP contribution in [0.2, 0.25) is 0 Å². The Morgan fingerprint density at radius 2 is 1.90 bits per heavy atom. The average molecular weight is 424 g/mol. The van der Waals surface area contributed by atoms with Crippen molar-refractivity contribution in [2.45, 2.75) is 20.3 Å². The van der Waals surface area contributed by atoms with Crippen molar-refractivity contribution in [2.75, 3.05) is 26.7 Å². The van der Waals surface area contributed by atoms with Gasteiger partial charge >= 0.3 is 0 Å². The number of carbonyl (C=O) groups excluding carboxylic acids is 1. The molecule has 1 aromatic rings. The first-order valence-corrected chi connectivity index (χ1v) is 7.76. The number of amides is 1. The third-order valence-corrected chi connectivity index (χ3v) is 3.64. The maximum atomic E-state index is 11.4. The Morgan fingerprint density at radius 3 is 2.48 bits per heavy atom. The second-order valence-electron chi connectivity index (χ2n) is 4.70. The van der Waals surface area contributed by atoms with Crippen molar-refractivity contribution in [3.63, 3.8) is 0 Å². The summed E-state index contributed by atoms with van der Waals surface area (Å²) in [6, 6.07) is 4.19. The molecule has 0 atom stereocenters. The fourth-order valence-corrected chi connectivity index (χ4v) is 2.26. The van der Waals surface area contributed by atoms with Crippen LogP contribution >= 0.6 is 35.3 Å². The Balaban J connectivity index is 0.00000400. The maximum Gasteiger partial charge on any atom is 0.222 e. The highest BCUT2D eigenvalue weighted by molar-refractivity contribution is 14.0. The molecule has 120 valence electrons. The van der Waals surface area contributed by atoms with Crippen LogP contribution in [0.25, 0.3) is 0 Å². The normalized spacial score (nSPS) is 11.0. The zero-order valence-corrected chi connectivity index (χ0v) is 16.0. The van der Waals surface area contributed by atoms with E-state index in [1.165, 1.54) is 4.88 Å². The second kappa shape index (κ2) is 11.8. The molecular weight excluding hydrogens is 399 g/mol. The molecule has 1 aromatic heterocycles. The number of hydrogen-bond donors (Lipinski definition) is 3. The molecule has 0 aliphatic heterocycles. The molecule has 7 heteroatoms. The predicted molar refractivity (Wildman–Crippen MR) is 101 cm³/mol. The fraction of sp³-hybridized carbons (Fsp3) is 0.571. The monoisotopic (exact) mass is 424 g/mol. The van der Waals surface area contributed by atoms with Crippen molar-refractivity contribution in [1.82, 2.24) is 16.0 Å². The van der Waals surface area contributed by atoms with E-state index in [9.17, 15) is 4.79 Å². The van der Waals surface area contributed by atoms with Gasteiger partial charge in [-0.3, -0.25) is 9.79 Å². The van der Waals surface area contributed by atoms with Crippen LogP contribution in [-0.4, -0.2) is 38.5 Å². The van der Waals surface area contributed by atoms with Gasteiger partial charge in [-0.2, -0.15) is 0 Å². The lowest BCUT2D eigenvalue weighted by Gasteiger charge is -2.12. The number of nitrogens with zero attached hydrogens (tertiary/aromatic N) is 1. The van der Waals surface area contributed by atoms with Gasteiger partial charge < -0.3 is 16.0 Å². The largest absolute Gasteiger partial charge is 0.356 e. The van der Waals surface area contributed by atoms with Crippen molar-refractivity contribution < 1.29 is 4.79 Å². The fourth-order valence-electron chi connectivity index (χ4n) is 1.55. The molecule has 0 bridgehead atoms. The van der Waals surface area contributed by atoms with Crippen LogP contribution < -0.4 is 16.0 Å². The van der Waals surface area contributed by atoms with Gasteiger partial charge in [0.05, 0.1) is 0 Å². The summed E-state index contributed by atoms with van der Waals surface area (Å²) in [6.07, 6.45) is 0.989. The third-order valence-electron chi connectivity index (χ3n) is 2.71. The average Bonchev–Trinajstić information content (AvgIpc) is 2.94. The molecule has 0 radical (unpaired) electrons. The van der Waals surface area contributed by atoms with Gasteiger partial charge in [-0.15, -0.1) is 35.3 Å². The molecule has 0 saturated carbocycles. The lowest BCUT2D eigenvalue weighted by atomic mass is 10.2. The number of rotatable bonds is 7. The molecule has 0 unspecified atom stereocenters. The Hall–Kier alpha value is -0.830. The van der Waals surface area contributed by atoms with Crippen molar-refractivity contribution >= 4 is 47.2 Å². The van der Waals surface area contributed by atoms with E-state index in [0.29, 0.717) is 13.1 Å². The minimum atomic E-state index is 0. The number of aliphatic imine (C=N–C) groups is 1. The highest BCUT2D eigenvalue weighted by atomic mass is 127. The van der Waals surface area contributed by atoms with E-state index in [2.05, 4.69) is 38.5 Å². The Bertz CT molecular complexity index is 421. The van der Waals surface area contributed by atoms with Crippen molar-refractivity contribution in [2.24, 2.45) is 10.9 Å². The SMILES string of the molecule is CN=C(NCCNC(=O)C(C)C)NCCc1cccs1.I. The van der Waals surface area contributed by atoms with E-state index >= 15 is 0 Å². The molecule has 1 rings (SSSR count). The van der Waals surface area contributed by atoms with Crippen LogP contribution in [0.5, 0.6) is 0 Å². The molecule has 0 aromatic carbocycles. The topological polar surface area (TPSA) is 65.5 Å². The van der Waals surface area contributed by atoms with Gasteiger partial charge in [0.15, 0.2) is 5.96 Å². The van der Waals surface area contributed by atoms with Crippen LogP contribution in [0.4, 0.5) is 0 Å². The Morgan fingerprint density at radius 1 is 1.24 bits per heavy atom. The summed E-state index contributed by atoms with van der Waals surface area (Å²) >= 11 is 1.76. The number of carbonyl (C=O) groups is 1. The third kappa shape index (κ3) is 8.92. The summed E-state index contributed by atoms with van der Waals surface area (Å²) in [6.45, 7) is 5.87. The van der Waals surface area contributed by atoms with Gasteiger partial charge in [0.25, 0.3) is 0 Å². The summed E-state index contributed by atoms with van der Waals surface area (Å²) < 4.78 is 0. The highest BCUT2D eigenvalue weighted by Gasteiger charge is 2.05. The zero-order valence-electron chi connectivity index (χ0n) is 12.8. The van der Waals surface area contributed by atoms with Crippen molar-refractivity contribution in [3.8, 4) is 0 Å². The smallest absolute Gasteiger partial charge is 0.222 e. The highest BCUT2D eigenvalue weighted by Crippen LogP contribution is 2.07. The summed E-state index contributed by atoms with van der Waals surface area (Å²) in [5.74, 6) is 0.867. The van der Waals surface area contributed by atoms with Gasteiger partial charge in [-0.25, -0.2) is 0 Å². The van der Waals surface area contributed by atoms with Gasteiger partial charge in [-0.05, 0) is 17.9 Å². The quantitative estimate of drug-likeness (QED) is 0.271. The summed E-state index contributed by atoms with van der Waals surface area (Å²) in [5, 5.41) is 11.4. The predicted octanol–water partition coefficient (Wildman–Crippen LogP) is 1.85. The van der Waals surface area contributed by atoms with E-state index < -0.39 is 0 Å². The van der Waals surface area contributed by atoms with Crippen LogP contribution in [-0.2, 0) is 11.2 Å². The van der Waals surface area contributed by atoms with Gasteiger partial charge in [0.1, 0.15) is 0 Å². The standard InChI is InChI=1S/C14H24N4OS.HI/c1-11(2)13(19)16-8-9-18-14(15-3)17-7-6-12-5-4-10-20-12;/h4-5,10-11H,6-9H2,1-3H3,(H,16,19)(H2,15,17,18);1H. The molecule has 0 spiro atoms. The Kier molecular flexibility index (Phi) is 11.3. The summed E-state index contributed by atoms with van der Waals surface area (Å²) in [5.41, 5.74) is 0. The minimum absolute atomic E-state index is 0. The molecule has 1 amide bonds. The van der Waals surface area contributed by atoms with E-state index in [4.69, 9.17) is 0 Å². The van der Waals surface area contributed by atoms with Crippen LogP contribution in [0, 0.1) is 5.92 Å². The first-order chi connectivity index (χ1) is 9.63. The number of thiophene rings is 1. The van der Waals surface area contributed by atoms with Crippen LogP contribution in [0.1, 0.15) is 18.7 Å². The lowest BCUT2D eigenvalue weighted by Crippen LogP contribution is -2.42. The molecular formula is C14H25IN4OS. The first-order valence-electron chi connectivity index (χ1n) is 6.88. The number of hydrogen-bond acceptors (Lipinski definition) is 3. The molecule has 1 heterocycles. The van der Waals surface area contributed by atoms with Crippen LogP contribution in [0.3, 0.4) is 0 Å².